The van der Waals surface area contributed by atoms with Crippen molar-refractivity contribution in [1.29, 1.82) is 0 Å². The number of pyridine rings is 1. The fourth-order valence-corrected chi connectivity index (χ4v) is 6.07. The molecule has 0 fully saturated rings. The van der Waals surface area contributed by atoms with Crippen molar-refractivity contribution in [3.05, 3.63) is 116 Å². The van der Waals surface area contributed by atoms with Crippen LogP contribution in [0.25, 0.3) is 0 Å². The quantitative estimate of drug-likeness (QED) is 0.358. The Morgan fingerprint density at radius 2 is 1.49 bits per heavy atom. The minimum atomic E-state index is -3.98. The second-order valence-corrected chi connectivity index (χ2v) is 10.9. The first-order valence-corrected chi connectivity index (χ1v) is 13.0. The van der Waals surface area contributed by atoms with Crippen molar-refractivity contribution in [2.24, 2.45) is 0 Å². The molecule has 0 saturated carbocycles. The van der Waals surface area contributed by atoms with E-state index in [0.29, 0.717) is 15.8 Å². The Kier molecular flexibility index (Phi) is 6.09. The van der Waals surface area contributed by atoms with E-state index in [2.05, 4.69) is 5.32 Å². The third-order valence-corrected chi connectivity index (χ3v) is 8.34. The van der Waals surface area contributed by atoms with Crippen molar-refractivity contribution in [2.75, 3.05) is 12.4 Å². The van der Waals surface area contributed by atoms with Gasteiger partial charge in [0.2, 0.25) is 9.84 Å². The van der Waals surface area contributed by atoms with E-state index >= 15 is 0 Å². The summed E-state index contributed by atoms with van der Waals surface area (Å²) >= 11 is 12.2. The van der Waals surface area contributed by atoms with Crippen LogP contribution >= 0.6 is 23.2 Å². The summed E-state index contributed by atoms with van der Waals surface area (Å²) in [5.41, 5.74) is 1.33. The summed E-state index contributed by atoms with van der Waals surface area (Å²) in [6.07, 6.45) is 0. The molecule has 0 bridgehead atoms. The van der Waals surface area contributed by atoms with Crippen LogP contribution in [0.1, 0.15) is 23.2 Å². The van der Waals surface area contributed by atoms with Crippen molar-refractivity contribution in [3.8, 4) is 5.75 Å². The first-order valence-electron chi connectivity index (χ1n) is 10.7. The number of ether oxygens (including phenoxy) is 1. The van der Waals surface area contributed by atoms with Gasteiger partial charge >= 0.3 is 0 Å². The van der Waals surface area contributed by atoms with Gasteiger partial charge in [-0.1, -0.05) is 53.5 Å². The van der Waals surface area contributed by atoms with E-state index < -0.39 is 21.9 Å². The number of anilines is 1. The Morgan fingerprint density at radius 3 is 2.11 bits per heavy atom. The Hall–Kier alpha value is -3.26. The van der Waals surface area contributed by atoms with E-state index in [4.69, 9.17) is 27.9 Å². The SMILES string of the molecule is COc1cccc(S(=O)(=O)c2ccc(=O)n3c2N[C@H](c2ccc(Cl)cc2)[C@@H]3c2ccc(Cl)cc2)c1. The van der Waals surface area contributed by atoms with Gasteiger partial charge in [-0.05, 0) is 59.7 Å². The van der Waals surface area contributed by atoms with E-state index in [1.807, 2.05) is 24.3 Å². The summed E-state index contributed by atoms with van der Waals surface area (Å²) in [5.74, 6) is 0.641. The van der Waals surface area contributed by atoms with Crippen molar-refractivity contribution in [2.45, 2.75) is 21.9 Å². The van der Waals surface area contributed by atoms with Gasteiger partial charge < -0.3 is 10.1 Å². The average molecular weight is 527 g/mol. The molecule has 5 rings (SSSR count). The molecule has 6 nitrogen and oxygen atoms in total. The minimum absolute atomic E-state index is 0.000722. The van der Waals surface area contributed by atoms with Crippen LogP contribution in [0, 0.1) is 0 Å². The fourth-order valence-electron chi connectivity index (χ4n) is 4.38. The first-order chi connectivity index (χ1) is 16.8. The smallest absolute Gasteiger partial charge is 0.252 e. The van der Waals surface area contributed by atoms with E-state index in [1.165, 1.54) is 35.9 Å². The highest BCUT2D eigenvalue weighted by atomic mass is 35.5. The monoisotopic (exact) mass is 526 g/mol. The summed E-state index contributed by atoms with van der Waals surface area (Å²) in [4.78, 5) is 13.2. The lowest BCUT2D eigenvalue weighted by atomic mass is 9.94. The van der Waals surface area contributed by atoms with Crippen LogP contribution in [0.2, 0.25) is 10.0 Å². The topological polar surface area (TPSA) is 77.4 Å². The van der Waals surface area contributed by atoms with Gasteiger partial charge in [0.05, 0.1) is 24.1 Å². The van der Waals surface area contributed by atoms with Crippen LogP contribution in [0.4, 0.5) is 5.82 Å². The maximum absolute atomic E-state index is 13.7. The second-order valence-electron chi connectivity index (χ2n) is 8.11. The normalized spacial score (nSPS) is 17.0. The lowest BCUT2D eigenvalue weighted by Gasteiger charge is -2.22. The summed E-state index contributed by atoms with van der Waals surface area (Å²) in [7, 11) is -2.51. The molecule has 1 aliphatic heterocycles. The molecule has 0 saturated heterocycles. The van der Waals surface area contributed by atoms with Gasteiger partial charge in [-0.15, -0.1) is 0 Å². The van der Waals surface area contributed by atoms with Gasteiger partial charge in [-0.2, -0.15) is 0 Å². The number of hydrogen-bond acceptors (Lipinski definition) is 5. The molecule has 2 atom stereocenters. The van der Waals surface area contributed by atoms with Crippen molar-refractivity contribution < 1.29 is 13.2 Å². The maximum atomic E-state index is 13.7. The molecular formula is C26H20Cl2N2O4S. The average Bonchev–Trinajstić information content (AvgIpc) is 3.26. The summed E-state index contributed by atoms with van der Waals surface area (Å²) in [6.45, 7) is 0. The van der Waals surface area contributed by atoms with Crippen LogP contribution in [0.15, 0.2) is 99.5 Å². The number of benzene rings is 3. The number of methoxy groups -OCH3 is 1. The van der Waals surface area contributed by atoms with E-state index in [1.54, 1.807) is 36.4 Å². The molecule has 4 aromatic rings. The number of aromatic nitrogens is 1. The number of hydrogen-bond donors (Lipinski definition) is 1. The zero-order valence-electron chi connectivity index (χ0n) is 18.5. The molecule has 1 aromatic heterocycles. The molecule has 0 spiro atoms. The zero-order chi connectivity index (χ0) is 24.7. The third-order valence-electron chi connectivity index (χ3n) is 6.06. The molecule has 178 valence electrons. The van der Waals surface area contributed by atoms with Crippen molar-refractivity contribution in [3.63, 3.8) is 0 Å². The van der Waals surface area contributed by atoms with Crippen molar-refractivity contribution >= 4 is 38.9 Å². The molecular weight excluding hydrogens is 507 g/mol. The van der Waals surface area contributed by atoms with Crippen molar-refractivity contribution in [1.82, 2.24) is 4.57 Å². The van der Waals surface area contributed by atoms with E-state index in [9.17, 15) is 13.2 Å². The number of rotatable bonds is 5. The van der Waals surface area contributed by atoms with Gasteiger partial charge in [0.25, 0.3) is 5.56 Å². The first kappa shape index (κ1) is 23.5. The lowest BCUT2D eigenvalue weighted by Crippen LogP contribution is -2.24. The zero-order valence-corrected chi connectivity index (χ0v) is 20.8. The molecule has 2 heterocycles. The highest BCUT2D eigenvalue weighted by Crippen LogP contribution is 2.44. The fraction of sp³-hybridized carbons (Fsp3) is 0.115. The lowest BCUT2D eigenvalue weighted by molar-refractivity contribution is 0.413. The van der Waals surface area contributed by atoms with Gasteiger partial charge in [0.15, 0.2) is 0 Å². The highest BCUT2D eigenvalue weighted by Gasteiger charge is 2.39. The molecule has 3 aromatic carbocycles. The van der Waals surface area contributed by atoms with Gasteiger partial charge in [-0.25, -0.2) is 8.42 Å². The maximum Gasteiger partial charge on any atom is 0.252 e. The molecule has 35 heavy (non-hydrogen) atoms. The predicted molar refractivity (Wildman–Crippen MR) is 137 cm³/mol. The molecule has 0 radical (unpaired) electrons. The second kappa shape index (κ2) is 9.07. The molecule has 1 aliphatic rings. The number of fused-ring (bicyclic) bond motifs is 1. The highest BCUT2D eigenvalue weighted by molar-refractivity contribution is 7.91. The Balaban J connectivity index is 1.72. The van der Waals surface area contributed by atoms with Gasteiger partial charge in [0, 0.05) is 16.1 Å². The van der Waals surface area contributed by atoms with Gasteiger partial charge in [0.1, 0.15) is 16.5 Å². The number of sulfone groups is 1. The van der Waals surface area contributed by atoms with Crippen LogP contribution < -0.4 is 15.6 Å². The third kappa shape index (κ3) is 4.20. The molecule has 0 unspecified atom stereocenters. The minimum Gasteiger partial charge on any atom is -0.497 e. The number of halogens is 2. The molecule has 1 N–H and O–H groups in total. The standard InChI is InChI=1S/C26H20Cl2N2O4S/c1-34-20-3-2-4-21(15-20)35(32,33)22-13-14-23(31)30-25(17-7-11-19(28)12-8-17)24(29-26(22)30)16-5-9-18(27)10-6-16/h2-15,24-25,29H,1H3/t24-,25+/m1/s1. The summed E-state index contributed by atoms with van der Waals surface area (Å²) < 4.78 is 34.1. The van der Waals surface area contributed by atoms with E-state index in [-0.39, 0.29) is 21.2 Å². The molecule has 0 amide bonds. The molecule has 9 heteroatoms. The predicted octanol–water partition coefficient (Wildman–Crippen LogP) is 5.75. The van der Waals surface area contributed by atoms with Crippen LogP contribution in [0.3, 0.4) is 0 Å². The van der Waals surface area contributed by atoms with Gasteiger partial charge in [-0.3, -0.25) is 9.36 Å². The van der Waals surface area contributed by atoms with Crippen LogP contribution in [-0.4, -0.2) is 20.1 Å². The summed E-state index contributed by atoms with van der Waals surface area (Å²) in [5, 5.41) is 4.46. The largest absolute Gasteiger partial charge is 0.497 e. The Labute approximate surface area is 212 Å². The number of nitrogens with one attached hydrogen (secondary N) is 1. The molecule has 0 aliphatic carbocycles. The summed E-state index contributed by atoms with van der Waals surface area (Å²) in [6, 6.07) is 22.3. The van der Waals surface area contributed by atoms with E-state index in [0.717, 1.165) is 11.1 Å². The Bertz CT molecular complexity index is 1570. The number of nitrogens with zero attached hydrogens (tertiary/aromatic N) is 1. The van der Waals surface area contributed by atoms with Crippen LogP contribution in [0.5, 0.6) is 5.75 Å². The van der Waals surface area contributed by atoms with Crippen LogP contribution in [-0.2, 0) is 9.84 Å². The Morgan fingerprint density at radius 1 is 0.857 bits per heavy atom.